The lowest BCUT2D eigenvalue weighted by Gasteiger charge is -2.11. The Labute approximate surface area is 112 Å². The summed E-state index contributed by atoms with van der Waals surface area (Å²) < 4.78 is 5.11. The van der Waals surface area contributed by atoms with Gasteiger partial charge in [0.2, 0.25) is 11.9 Å². The summed E-state index contributed by atoms with van der Waals surface area (Å²) in [7, 11) is 3.37. The largest absolute Gasteiger partial charge is 0.467 e. The molecule has 3 fully saturated rings. The number of nitrogens with zero attached hydrogens (tertiary/aromatic N) is 3. The fraction of sp³-hybridized carbons (Fsp3) is 0.769. The Balaban J connectivity index is 1.52. The van der Waals surface area contributed by atoms with E-state index in [2.05, 4.69) is 25.6 Å². The fourth-order valence-corrected chi connectivity index (χ4v) is 4.29. The van der Waals surface area contributed by atoms with Crippen molar-refractivity contribution in [2.24, 2.45) is 23.7 Å². The smallest absolute Gasteiger partial charge is 0.322 e. The SMILES string of the molecule is CNc1nc(NC2C3C4CCC(C4)C23)nc(OC)n1. The van der Waals surface area contributed by atoms with Crippen LogP contribution in [-0.2, 0) is 0 Å². The summed E-state index contributed by atoms with van der Waals surface area (Å²) in [5.74, 6) is 4.79. The molecule has 4 unspecified atom stereocenters. The minimum absolute atomic E-state index is 0.357. The quantitative estimate of drug-likeness (QED) is 0.853. The second-order valence-corrected chi connectivity index (χ2v) is 5.88. The zero-order valence-electron chi connectivity index (χ0n) is 11.3. The number of ether oxygens (including phenoxy) is 1. The van der Waals surface area contributed by atoms with E-state index in [1.165, 1.54) is 19.3 Å². The summed E-state index contributed by atoms with van der Waals surface area (Å²) in [5.41, 5.74) is 0. The number of hydrogen-bond donors (Lipinski definition) is 2. The molecule has 4 atom stereocenters. The van der Waals surface area contributed by atoms with Gasteiger partial charge in [0.1, 0.15) is 0 Å². The standard InChI is InChI=1S/C13H19N5O/c1-14-11-16-12(18-13(17-11)19-2)15-10-8-6-3-4-7(5-6)9(8)10/h6-10H,3-5H2,1-2H3,(H2,14,15,16,17,18). The van der Waals surface area contributed by atoms with Gasteiger partial charge in [0.05, 0.1) is 7.11 Å². The monoisotopic (exact) mass is 261 g/mol. The lowest BCUT2D eigenvalue weighted by atomic mass is 10.0. The molecule has 3 aliphatic rings. The van der Waals surface area contributed by atoms with Crippen LogP contribution in [0.15, 0.2) is 0 Å². The molecular formula is C13H19N5O. The summed E-state index contributed by atoms with van der Waals surface area (Å²) in [6.45, 7) is 0. The molecule has 1 aromatic heterocycles. The van der Waals surface area contributed by atoms with Crippen LogP contribution in [0.2, 0.25) is 0 Å². The molecule has 1 heterocycles. The van der Waals surface area contributed by atoms with E-state index in [1.807, 2.05) is 0 Å². The highest BCUT2D eigenvalue weighted by Crippen LogP contribution is 2.66. The average Bonchev–Trinajstić information content (AvgIpc) is 2.85. The lowest BCUT2D eigenvalue weighted by molar-refractivity contribution is 0.379. The molecule has 0 aromatic carbocycles. The summed E-state index contributed by atoms with van der Waals surface area (Å²) in [6.07, 6.45) is 4.30. The molecule has 6 nitrogen and oxygen atoms in total. The van der Waals surface area contributed by atoms with E-state index in [-0.39, 0.29) is 0 Å². The van der Waals surface area contributed by atoms with Crippen LogP contribution in [0.1, 0.15) is 19.3 Å². The molecule has 19 heavy (non-hydrogen) atoms. The van der Waals surface area contributed by atoms with Crippen molar-refractivity contribution >= 4 is 11.9 Å². The molecule has 3 saturated carbocycles. The van der Waals surface area contributed by atoms with Crippen LogP contribution in [0, 0.1) is 23.7 Å². The third kappa shape index (κ3) is 1.65. The van der Waals surface area contributed by atoms with Crippen LogP contribution in [0.4, 0.5) is 11.9 Å². The number of hydrogen-bond acceptors (Lipinski definition) is 6. The van der Waals surface area contributed by atoms with Crippen molar-refractivity contribution in [1.29, 1.82) is 0 Å². The van der Waals surface area contributed by atoms with Crippen molar-refractivity contribution in [2.45, 2.75) is 25.3 Å². The van der Waals surface area contributed by atoms with Crippen LogP contribution in [0.25, 0.3) is 0 Å². The highest BCUT2D eigenvalue weighted by molar-refractivity contribution is 5.39. The second kappa shape index (κ2) is 3.95. The summed E-state index contributed by atoms with van der Waals surface area (Å²) in [4.78, 5) is 12.8. The van der Waals surface area contributed by atoms with Crippen molar-refractivity contribution in [3.8, 4) is 6.01 Å². The van der Waals surface area contributed by atoms with Crippen molar-refractivity contribution in [3.05, 3.63) is 0 Å². The first-order chi connectivity index (χ1) is 9.30. The molecule has 0 amide bonds. The van der Waals surface area contributed by atoms with Crippen molar-refractivity contribution in [3.63, 3.8) is 0 Å². The summed E-state index contributed by atoms with van der Waals surface area (Å²) in [5, 5.41) is 6.42. The van der Waals surface area contributed by atoms with Crippen LogP contribution in [-0.4, -0.2) is 35.2 Å². The predicted octanol–water partition coefficient (Wildman–Crippen LogP) is 1.38. The molecule has 0 radical (unpaired) electrons. The highest BCUT2D eigenvalue weighted by atomic mass is 16.5. The van der Waals surface area contributed by atoms with Gasteiger partial charge in [-0.2, -0.15) is 15.0 Å². The van der Waals surface area contributed by atoms with Gasteiger partial charge in [-0.15, -0.1) is 0 Å². The second-order valence-electron chi connectivity index (χ2n) is 5.88. The van der Waals surface area contributed by atoms with Crippen LogP contribution in [0.5, 0.6) is 6.01 Å². The molecule has 3 aliphatic carbocycles. The van der Waals surface area contributed by atoms with Gasteiger partial charge >= 0.3 is 6.01 Å². The van der Waals surface area contributed by atoms with E-state index in [4.69, 9.17) is 4.74 Å². The van der Waals surface area contributed by atoms with Gasteiger partial charge in [-0.1, -0.05) is 0 Å². The Bertz CT molecular complexity index is 470. The minimum Gasteiger partial charge on any atom is -0.467 e. The molecule has 6 heteroatoms. The molecule has 0 aliphatic heterocycles. The van der Waals surface area contributed by atoms with E-state index < -0.39 is 0 Å². The maximum absolute atomic E-state index is 5.11. The molecule has 2 N–H and O–H groups in total. The van der Waals surface area contributed by atoms with Crippen LogP contribution < -0.4 is 15.4 Å². The zero-order chi connectivity index (χ0) is 13.0. The van der Waals surface area contributed by atoms with E-state index in [1.54, 1.807) is 14.2 Å². The molecular weight excluding hydrogens is 242 g/mol. The maximum Gasteiger partial charge on any atom is 0.322 e. The fourth-order valence-electron chi connectivity index (χ4n) is 4.29. The third-order valence-corrected chi connectivity index (χ3v) is 5.05. The van der Waals surface area contributed by atoms with Crippen molar-refractivity contribution in [1.82, 2.24) is 15.0 Å². The van der Waals surface area contributed by atoms with Gasteiger partial charge < -0.3 is 15.4 Å². The average molecular weight is 261 g/mol. The van der Waals surface area contributed by atoms with E-state index in [0.29, 0.717) is 23.9 Å². The van der Waals surface area contributed by atoms with E-state index in [0.717, 1.165) is 23.7 Å². The molecule has 0 saturated heterocycles. The van der Waals surface area contributed by atoms with Gasteiger partial charge in [0.25, 0.3) is 0 Å². The topological polar surface area (TPSA) is 72.0 Å². The Hall–Kier alpha value is -1.59. The molecule has 4 rings (SSSR count). The van der Waals surface area contributed by atoms with Gasteiger partial charge in [-0.05, 0) is 42.9 Å². The summed E-state index contributed by atoms with van der Waals surface area (Å²) >= 11 is 0. The Morgan fingerprint density at radius 2 is 1.74 bits per heavy atom. The molecule has 1 aromatic rings. The third-order valence-electron chi connectivity index (χ3n) is 5.05. The molecule has 102 valence electrons. The van der Waals surface area contributed by atoms with Gasteiger partial charge in [-0.25, -0.2) is 0 Å². The first-order valence-electron chi connectivity index (χ1n) is 7.04. The van der Waals surface area contributed by atoms with Crippen LogP contribution >= 0.6 is 0 Å². The highest BCUT2D eigenvalue weighted by Gasteiger charge is 2.65. The first-order valence-corrected chi connectivity index (χ1v) is 7.04. The number of methoxy groups -OCH3 is 1. The van der Waals surface area contributed by atoms with Crippen molar-refractivity contribution < 1.29 is 4.74 Å². The number of anilines is 2. The summed E-state index contributed by atoms with van der Waals surface area (Å²) in [6, 6.07) is 0.929. The Morgan fingerprint density at radius 1 is 1.05 bits per heavy atom. The van der Waals surface area contributed by atoms with Crippen LogP contribution in [0.3, 0.4) is 0 Å². The zero-order valence-corrected chi connectivity index (χ0v) is 11.3. The number of rotatable bonds is 4. The van der Waals surface area contributed by atoms with Gasteiger partial charge in [-0.3, -0.25) is 0 Å². The van der Waals surface area contributed by atoms with E-state index >= 15 is 0 Å². The first kappa shape index (κ1) is 11.3. The Morgan fingerprint density at radius 3 is 2.37 bits per heavy atom. The van der Waals surface area contributed by atoms with Gasteiger partial charge in [0, 0.05) is 13.1 Å². The van der Waals surface area contributed by atoms with E-state index in [9.17, 15) is 0 Å². The Kier molecular flexibility index (Phi) is 2.34. The predicted molar refractivity (Wildman–Crippen MR) is 71.1 cm³/mol. The normalized spacial score (nSPS) is 37.9. The molecule has 2 bridgehead atoms. The number of aromatic nitrogens is 3. The van der Waals surface area contributed by atoms with Gasteiger partial charge in [0.15, 0.2) is 0 Å². The maximum atomic E-state index is 5.11. The lowest BCUT2D eigenvalue weighted by Crippen LogP contribution is -2.16. The van der Waals surface area contributed by atoms with Crippen molar-refractivity contribution in [2.75, 3.05) is 24.8 Å². The number of fused-ring (bicyclic) bond motifs is 5. The number of nitrogens with one attached hydrogen (secondary N) is 2. The minimum atomic E-state index is 0.357. The molecule has 0 spiro atoms.